The molecule has 0 unspecified atom stereocenters. The van der Waals surface area contributed by atoms with Crippen molar-refractivity contribution in [2.24, 2.45) is 0 Å². The third-order valence-corrected chi connectivity index (χ3v) is 4.13. The molecule has 2 N–H and O–H groups in total. The van der Waals surface area contributed by atoms with Crippen molar-refractivity contribution in [3.8, 4) is 5.75 Å². The predicted molar refractivity (Wildman–Crippen MR) is 105 cm³/mol. The molecular weight excluding hydrogens is 356 g/mol. The molecule has 0 saturated carbocycles. The molecule has 0 amide bonds. The molecule has 0 bridgehead atoms. The van der Waals surface area contributed by atoms with E-state index in [1.54, 1.807) is 12.1 Å². The summed E-state index contributed by atoms with van der Waals surface area (Å²) in [6, 6.07) is 16.8. The normalized spacial score (nSPS) is 12.1. The van der Waals surface area contributed by atoms with Crippen LogP contribution < -0.4 is 15.4 Å². The summed E-state index contributed by atoms with van der Waals surface area (Å²) in [5, 5.41) is 6.73. The molecule has 0 aromatic heterocycles. The van der Waals surface area contributed by atoms with E-state index in [1.165, 1.54) is 17.7 Å². The fourth-order valence-corrected chi connectivity index (χ4v) is 2.63. The van der Waals surface area contributed by atoms with Crippen LogP contribution in [-0.4, -0.2) is 43.3 Å². The van der Waals surface area contributed by atoms with Gasteiger partial charge in [0, 0.05) is 18.3 Å². The minimum atomic E-state index is -2.83. The van der Waals surface area contributed by atoms with Crippen LogP contribution in [0.3, 0.4) is 0 Å². The predicted octanol–water partition coefficient (Wildman–Crippen LogP) is 3.75. The van der Waals surface area contributed by atoms with Gasteiger partial charge in [-0.05, 0) is 62.6 Å². The van der Waals surface area contributed by atoms with E-state index in [0.29, 0.717) is 17.3 Å². The average Bonchev–Trinajstić information content (AvgIpc) is 2.60. The van der Waals surface area contributed by atoms with Crippen LogP contribution >= 0.6 is 12.2 Å². The number of rotatable bonds is 8. The lowest BCUT2D eigenvalue weighted by Crippen LogP contribution is -2.42. The highest BCUT2D eigenvalue weighted by Crippen LogP contribution is 2.17. The van der Waals surface area contributed by atoms with Crippen molar-refractivity contribution in [1.29, 1.82) is 0 Å². The standard InChI is InChI=1S/C19H23F2N3OS/c1-24(2)16(12-14-6-4-3-5-7-14)13-22-19(26)23-15-8-10-17(11-9-15)25-18(20)21/h3-11,16,18H,12-13H2,1-2H3,(H2,22,23,26)/t16-/m1/s1. The van der Waals surface area contributed by atoms with Crippen molar-refractivity contribution < 1.29 is 13.5 Å². The van der Waals surface area contributed by atoms with Crippen LogP contribution in [0.15, 0.2) is 54.6 Å². The van der Waals surface area contributed by atoms with Gasteiger partial charge in [0.1, 0.15) is 5.75 Å². The van der Waals surface area contributed by atoms with Gasteiger partial charge < -0.3 is 20.3 Å². The molecule has 0 radical (unpaired) electrons. The summed E-state index contributed by atoms with van der Waals surface area (Å²) in [5.41, 5.74) is 1.97. The zero-order valence-corrected chi connectivity index (χ0v) is 15.6. The van der Waals surface area contributed by atoms with Crippen molar-refractivity contribution in [3.05, 3.63) is 60.2 Å². The van der Waals surface area contributed by atoms with Crippen molar-refractivity contribution in [2.75, 3.05) is 26.0 Å². The van der Waals surface area contributed by atoms with E-state index in [9.17, 15) is 8.78 Å². The lowest BCUT2D eigenvalue weighted by molar-refractivity contribution is -0.0498. The van der Waals surface area contributed by atoms with E-state index >= 15 is 0 Å². The second-order valence-electron chi connectivity index (χ2n) is 6.05. The SMILES string of the molecule is CN(C)[C@@H](CNC(=S)Nc1ccc(OC(F)F)cc1)Cc1ccccc1. The molecule has 0 fully saturated rings. The molecule has 0 aliphatic heterocycles. The maximum atomic E-state index is 12.2. The Kier molecular flexibility index (Phi) is 7.74. The Balaban J connectivity index is 1.84. The Labute approximate surface area is 158 Å². The summed E-state index contributed by atoms with van der Waals surface area (Å²) < 4.78 is 28.6. The number of anilines is 1. The molecule has 7 heteroatoms. The first-order valence-electron chi connectivity index (χ1n) is 8.24. The molecule has 140 valence electrons. The number of likely N-dealkylation sites (N-methyl/N-ethyl adjacent to an activating group) is 1. The van der Waals surface area contributed by atoms with Crippen LogP contribution in [-0.2, 0) is 6.42 Å². The molecule has 2 rings (SSSR count). The molecule has 0 saturated heterocycles. The zero-order valence-electron chi connectivity index (χ0n) is 14.8. The molecule has 0 aliphatic rings. The maximum absolute atomic E-state index is 12.2. The highest BCUT2D eigenvalue weighted by molar-refractivity contribution is 7.80. The summed E-state index contributed by atoms with van der Waals surface area (Å²) in [4.78, 5) is 2.15. The molecule has 4 nitrogen and oxygen atoms in total. The van der Waals surface area contributed by atoms with Crippen molar-refractivity contribution in [1.82, 2.24) is 10.2 Å². The lowest BCUT2D eigenvalue weighted by atomic mass is 10.1. The first kappa shape index (κ1) is 20.1. The van der Waals surface area contributed by atoms with Gasteiger partial charge in [-0.3, -0.25) is 0 Å². The van der Waals surface area contributed by atoms with Gasteiger partial charge >= 0.3 is 6.61 Å². The van der Waals surface area contributed by atoms with Crippen LogP contribution in [0.4, 0.5) is 14.5 Å². The second kappa shape index (κ2) is 10.0. The van der Waals surface area contributed by atoms with E-state index in [2.05, 4.69) is 32.4 Å². The number of halogens is 2. The van der Waals surface area contributed by atoms with Crippen LogP contribution in [0.25, 0.3) is 0 Å². The van der Waals surface area contributed by atoms with Crippen LogP contribution in [0, 0.1) is 0 Å². The minimum absolute atomic E-state index is 0.111. The molecule has 26 heavy (non-hydrogen) atoms. The number of nitrogens with one attached hydrogen (secondary N) is 2. The molecule has 2 aromatic rings. The fourth-order valence-electron chi connectivity index (χ4n) is 2.43. The van der Waals surface area contributed by atoms with Gasteiger partial charge in [-0.2, -0.15) is 8.78 Å². The van der Waals surface area contributed by atoms with Gasteiger partial charge in [-0.25, -0.2) is 0 Å². The summed E-state index contributed by atoms with van der Waals surface area (Å²) in [5.74, 6) is 0.111. The van der Waals surface area contributed by atoms with Gasteiger partial charge in [0.2, 0.25) is 0 Å². The van der Waals surface area contributed by atoms with Crippen LogP contribution in [0.2, 0.25) is 0 Å². The van der Waals surface area contributed by atoms with E-state index in [1.807, 2.05) is 32.3 Å². The van der Waals surface area contributed by atoms with Crippen LogP contribution in [0.5, 0.6) is 5.75 Å². The maximum Gasteiger partial charge on any atom is 0.387 e. The summed E-state index contributed by atoms with van der Waals surface area (Å²) in [6.45, 7) is -2.15. The topological polar surface area (TPSA) is 36.5 Å². The molecular formula is C19H23F2N3OS. The van der Waals surface area contributed by atoms with Gasteiger partial charge in [0.05, 0.1) is 0 Å². The minimum Gasteiger partial charge on any atom is -0.435 e. The van der Waals surface area contributed by atoms with Gasteiger partial charge in [0.15, 0.2) is 5.11 Å². The second-order valence-corrected chi connectivity index (χ2v) is 6.45. The third kappa shape index (κ3) is 6.93. The first-order valence-corrected chi connectivity index (χ1v) is 8.65. The number of hydrogen-bond acceptors (Lipinski definition) is 3. The monoisotopic (exact) mass is 379 g/mol. The molecule has 2 aromatic carbocycles. The Morgan fingerprint density at radius 2 is 1.73 bits per heavy atom. The summed E-state index contributed by atoms with van der Waals surface area (Å²) >= 11 is 5.32. The average molecular weight is 379 g/mol. The fraction of sp³-hybridized carbons (Fsp3) is 0.316. The summed E-state index contributed by atoms with van der Waals surface area (Å²) in [7, 11) is 4.07. The lowest BCUT2D eigenvalue weighted by Gasteiger charge is -2.25. The van der Waals surface area contributed by atoms with E-state index in [-0.39, 0.29) is 11.8 Å². The Bertz CT molecular complexity index is 681. The van der Waals surface area contributed by atoms with Gasteiger partial charge in [-0.1, -0.05) is 30.3 Å². The van der Waals surface area contributed by atoms with E-state index in [0.717, 1.165) is 6.42 Å². The quantitative estimate of drug-likeness (QED) is 0.684. The van der Waals surface area contributed by atoms with Crippen molar-refractivity contribution >= 4 is 23.0 Å². The third-order valence-electron chi connectivity index (χ3n) is 3.88. The number of thiocarbonyl (C=S) groups is 1. The molecule has 1 atom stereocenters. The highest BCUT2D eigenvalue weighted by atomic mass is 32.1. The number of hydrogen-bond donors (Lipinski definition) is 2. The number of ether oxygens (including phenoxy) is 1. The summed E-state index contributed by atoms with van der Waals surface area (Å²) in [6.07, 6.45) is 0.906. The van der Waals surface area contributed by atoms with Gasteiger partial charge in [0.25, 0.3) is 0 Å². The number of alkyl halides is 2. The smallest absolute Gasteiger partial charge is 0.387 e. The van der Waals surface area contributed by atoms with E-state index < -0.39 is 6.61 Å². The Hall–Kier alpha value is -2.25. The largest absolute Gasteiger partial charge is 0.435 e. The number of nitrogens with zero attached hydrogens (tertiary/aromatic N) is 1. The zero-order chi connectivity index (χ0) is 18.9. The number of benzene rings is 2. The molecule has 0 heterocycles. The van der Waals surface area contributed by atoms with Gasteiger partial charge in [-0.15, -0.1) is 0 Å². The highest BCUT2D eigenvalue weighted by Gasteiger charge is 2.13. The first-order chi connectivity index (χ1) is 12.4. The van der Waals surface area contributed by atoms with Crippen molar-refractivity contribution in [2.45, 2.75) is 19.1 Å². The van der Waals surface area contributed by atoms with Crippen LogP contribution in [0.1, 0.15) is 5.56 Å². The Morgan fingerprint density at radius 3 is 2.31 bits per heavy atom. The molecule has 0 aliphatic carbocycles. The van der Waals surface area contributed by atoms with Crippen molar-refractivity contribution in [3.63, 3.8) is 0 Å². The molecule has 0 spiro atoms. The van der Waals surface area contributed by atoms with E-state index in [4.69, 9.17) is 12.2 Å². The Morgan fingerprint density at radius 1 is 1.08 bits per heavy atom.